The summed E-state index contributed by atoms with van der Waals surface area (Å²) in [6.45, 7) is 7.06. The first-order valence-corrected chi connectivity index (χ1v) is 7.40. The van der Waals surface area contributed by atoms with Crippen molar-refractivity contribution in [1.29, 1.82) is 0 Å². The summed E-state index contributed by atoms with van der Waals surface area (Å²) in [6.07, 6.45) is 0. The maximum absolute atomic E-state index is 12.2. The van der Waals surface area contributed by atoms with Crippen LogP contribution in [0.15, 0.2) is 48.5 Å². The normalized spacial score (nSPS) is 11.3. The maximum atomic E-state index is 12.2. The zero-order valence-electron chi connectivity index (χ0n) is 13.6. The summed E-state index contributed by atoms with van der Waals surface area (Å²) >= 11 is 0. The second kappa shape index (κ2) is 6.75. The Kier molecular flexibility index (Phi) is 4.99. The van der Waals surface area contributed by atoms with Crippen molar-refractivity contribution in [3.05, 3.63) is 65.2 Å². The Hall–Kier alpha value is -2.13. The topological polar surface area (TPSA) is 38.3 Å². The third kappa shape index (κ3) is 4.18. The van der Waals surface area contributed by atoms with Gasteiger partial charge in [0.1, 0.15) is 0 Å². The molecule has 1 amide bonds. The second-order valence-electron chi connectivity index (χ2n) is 6.41. The number of rotatable bonds is 4. The molecule has 0 aliphatic heterocycles. The van der Waals surface area contributed by atoms with E-state index in [9.17, 15) is 4.79 Å². The van der Waals surface area contributed by atoms with Crippen LogP contribution >= 0.6 is 0 Å². The highest BCUT2D eigenvalue weighted by atomic mass is 16.5. The number of carbonyl (C=O) groups is 1. The molecule has 0 radical (unpaired) electrons. The monoisotopic (exact) mass is 297 g/mol. The summed E-state index contributed by atoms with van der Waals surface area (Å²) in [5.74, 6) is -0.104. The fourth-order valence-corrected chi connectivity index (χ4v) is 2.18. The Morgan fingerprint density at radius 1 is 1.00 bits per heavy atom. The zero-order valence-corrected chi connectivity index (χ0v) is 13.6. The predicted octanol–water partition coefficient (Wildman–Crippen LogP) is 4.38. The summed E-state index contributed by atoms with van der Waals surface area (Å²) < 4.78 is 5.06. The van der Waals surface area contributed by atoms with Gasteiger partial charge in [0, 0.05) is 18.4 Å². The molecular weight excluding hydrogens is 274 g/mol. The lowest BCUT2D eigenvalue weighted by Gasteiger charge is -2.19. The molecule has 0 atom stereocenters. The number of hydrogen-bond donors (Lipinski definition) is 1. The van der Waals surface area contributed by atoms with Gasteiger partial charge in [-0.25, -0.2) is 0 Å². The molecule has 3 heteroatoms. The molecule has 22 heavy (non-hydrogen) atoms. The number of methoxy groups -OCH3 is 1. The van der Waals surface area contributed by atoms with Crippen LogP contribution in [0.2, 0.25) is 0 Å². The van der Waals surface area contributed by atoms with Crippen LogP contribution in [0, 0.1) is 0 Å². The smallest absolute Gasteiger partial charge is 0.255 e. The fraction of sp³-hybridized carbons (Fsp3) is 0.316. The van der Waals surface area contributed by atoms with Crippen LogP contribution in [-0.2, 0) is 16.8 Å². The lowest BCUT2D eigenvalue weighted by Crippen LogP contribution is -2.13. The molecule has 2 aromatic carbocycles. The average molecular weight is 297 g/mol. The number of nitrogens with one attached hydrogen (secondary N) is 1. The number of ether oxygens (including phenoxy) is 1. The van der Waals surface area contributed by atoms with Crippen molar-refractivity contribution in [2.75, 3.05) is 12.4 Å². The van der Waals surface area contributed by atoms with E-state index in [-0.39, 0.29) is 11.3 Å². The van der Waals surface area contributed by atoms with Crippen molar-refractivity contribution in [1.82, 2.24) is 0 Å². The summed E-state index contributed by atoms with van der Waals surface area (Å²) in [4.78, 5) is 12.2. The van der Waals surface area contributed by atoms with Crippen molar-refractivity contribution in [3.63, 3.8) is 0 Å². The van der Waals surface area contributed by atoms with E-state index in [0.29, 0.717) is 12.2 Å². The van der Waals surface area contributed by atoms with Crippen LogP contribution < -0.4 is 5.32 Å². The van der Waals surface area contributed by atoms with Gasteiger partial charge in [0.15, 0.2) is 0 Å². The van der Waals surface area contributed by atoms with Crippen LogP contribution in [-0.4, -0.2) is 13.0 Å². The number of anilines is 1. The fourth-order valence-electron chi connectivity index (χ4n) is 2.18. The minimum absolute atomic E-state index is 0.104. The van der Waals surface area contributed by atoms with Gasteiger partial charge in [-0.05, 0) is 40.8 Å². The molecule has 0 spiro atoms. The third-order valence-corrected chi connectivity index (χ3v) is 3.54. The molecule has 0 fully saturated rings. The molecule has 0 bridgehead atoms. The highest BCUT2D eigenvalue weighted by Crippen LogP contribution is 2.23. The lowest BCUT2D eigenvalue weighted by atomic mass is 9.87. The number of benzene rings is 2. The Balaban J connectivity index is 2.05. The zero-order chi connectivity index (χ0) is 16.2. The Morgan fingerprint density at radius 3 is 2.09 bits per heavy atom. The minimum Gasteiger partial charge on any atom is -0.380 e. The number of amides is 1. The van der Waals surface area contributed by atoms with Gasteiger partial charge < -0.3 is 10.1 Å². The summed E-state index contributed by atoms with van der Waals surface area (Å²) in [7, 11) is 1.65. The van der Waals surface area contributed by atoms with E-state index in [0.717, 1.165) is 11.3 Å². The van der Waals surface area contributed by atoms with Gasteiger partial charge >= 0.3 is 0 Å². The largest absolute Gasteiger partial charge is 0.380 e. The molecule has 3 nitrogen and oxygen atoms in total. The molecule has 0 aliphatic carbocycles. The molecule has 0 heterocycles. The van der Waals surface area contributed by atoms with Crippen molar-refractivity contribution in [3.8, 4) is 0 Å². The maximum Gasteiger partial charge on any atom is 0.255 e. The Morgan fingerprint density at radius 2 is 1.59 bits per heavy atom. The van der Waals surface area contributed by atoms with Crippen molar-refractivity contribution in [2.45, 2.75) is 32.8 Å². The first kappa shape index (κ1) is 16.2. The van der Waals surface area contributed by atoms with E-state index in [1.54, 1.807) is 7.11 Å². The first-order chi connectivity index (χ1) is 10.4. The third-order valence-electron chi connectivity index (χ3n) is 3.54. The summed E-state index contributed by atoms with van der Waals surface area (Å²) in [5.41, 5.74) is 3.85. The molecule has 2 rings (SSSR count). The van der Waals surface area contributed by atoms with E-state index >= 15 is 0 Å². The first-order valence-electron chi connectivity index (χ1n) is 7.40. The van der Waals surface area contributed by atoms with Crippen LogP contribution in [0.5, 0.6) is 0 Å². The molecule has 1 N–H and O–H groups in total. The SMILES string of the molecule is COCc1ccc(C(=O)Nc2ccc(C(C)(C)C)cc2)cc1. The van der Waals surface area contributed by atoms with Crippen molar-refractivity contribution < 1.29 is 9.53 Å². The van der Waals surface area contributed by atoms with Crippen molar-refractivity contribution in [2.24, 2.45) is 0 Å². The summed E-state index contributed by atoms with van der Waals surface area (Å²) in [6, 6.07) is 15.4. The van der Waals surface area contributed by atoms with Gasteiger partial charge in [0.05, 0.1) is 6.61 Å². The van der Waals surface area contributed by atoms with Crippen molar-refractivity contribution >= 4 is 11.6 Å². The summed E-state index contributed by atoms with van der Waals surface area (Å²) in [5, 5.41) is 2.92. The predicted molar refractivity (Wildman–Crippen MR) is 90.3 cm³/mol. The van der Waals surface area contributed by atoms with Crippen LogP contribution in [0.3, 0.4) is 0 Å². The highest BCUT2D eigenvalue weighted by molar-refractivity contribution is 6.04. The lowest BCUT2D eigenvalue weighted by molar-refractivity contribution is 0.102. The molecule has 0 unspecified atom stereocenters. The van der Waals surface area contributed by atoms with Crippen LogP contribution in [0.1, 0.15) is 42.3 Å². The molecule has 0 aromatic heterocycles. The quantitative estimate of drug-likeness (QED) is 0.909. The Bertz CT molecular complexity index is 622. The number of carbonyl (C=O) groups excluding carboxylic acids is 1. The van der Waals surface area contributed by atoms with E-state index < -0.39 is 0 Å². The van der Waals surface area contributed by atoms with E-state index in [2.05, 4.69) is 38.2 Å². The average Bonchev–Trinajstić information content (AvgIpc) is 2.48. The van der Waals surface area contributed by atoms with Crippen LogP contribution in [0.25, 0.3) is 0 Å². The van der Waals surface area contributed by atoms with Gasteiger partial charge in [0.25, 0.3) is 5.91 Å². The van der Waals surface area contributed by atoms with Crippen LogP contribution in [0.4, 0.5) is 5.69 Å². The second-order valence-corrected chi connectivity index (χ2v) is 6.41. The highest BCUT2D eigenvalue weighted by Gasteiger charge is 2.13. The molecular formula is C19H23NO2. The molecule has 0 saturated heterocycles. The van der Waals surface area contributed by atoms with E-state index in [4.69, 9.17) is 4.74 Å². The minimum atomic E-state index is -0.104. The van der Waals surface area contributed by atoms with Gasteiger partial charge in [-0.15, -0.1) is 0 Å². The molecule has 2 aromatic rings. The number of hydrogen-bond acceptors (Lipinski definition) is 2. The van der Waals surface area contributed by atoms with E-state index in [1.807, 2.05) is 36.4 Å². The molecule has 0 aliphatic rings. The van der Waals surface area contributed by atoms with E-state index in [1.165, 1.54) is 5.56 Å². The van der Waals surface area contributed by atoms with Gasteiger partial charge in [-0.3, -0.25) is 4.79 Å². The standard InChI is InChI=1S/C19H23NO2/c1-19(2,3)16-9-11-17(12-10-16)20-18(21)15-7-5-14(6-8-15)13-22-4/h5-12H,13H2,1-4H3,(H,20,21). The molecule has 116 valence electrons. The Labute approximate surface area is 132 Å². The van der Waals surface area contributed by atoms with Gasteiger partial charge in [-0.2, -0.15) is 0 Å². The van der Waals surface area contributed by atoms with Gasteiger partial charge in [-0.1, -0.05) is 45.0 Å². The molecule has 0 saturated carbocycles. The van der Waals surface area contributed by atoms with Gasteiger partial charge in [0.2, 0.25) is 0 Å².